The number of hydrogen-bond acceptors (Lipinski definition) is 5. The first-order chi connectivity index (χ1) is 12.2. The predicted molar refractivity (Wildman–Crippen MR) is 97.6 cm³/mol. The summed E-state index contributed by atoms with van der Waals surface area (Å²) in [4.78, 5) is 20.4. The maximum atomic E-state index is 13.6. The summed E-state index contributed by atoms with van der Waals surface area (Å²) in [5.41, 5.74) is -0.782. The maximum Gasteiger partial charge on any atom is 0.270 e. The lowest BCUT2D eigenvalue weighted by Gasteiger charge is -2.25. The van der Waals surface area contributed by atoms with Gasteiger partial charge in [0.25, 0.3) is 5.91 Å². The lowest BCUT2D eigenvalue weighted by atomic mass is 9.99. The molecule has 0 saturated carbocycles. The Morgan fingerprint density at radius 3 is 2.88 bits per heavy atom. The fourth-order valence-electron chi connectivity index (χ4n) is 1.89. The molecule has 136 valence electrons. The average molecular weight is 442 g/mol. The highest BCUT2D eigenvalue weighted by molar-refractivity contribution is 9.10. The van der Waals surface area contributed by atoms with Crippen molar-refractivity contribution in [1.82, 2.24) is 15.3 Å². The standard InChI is InChI=1S/C17H15BrClFN4O2/c1-17(2,13(20)7-21)24-16(25)12-6-11(19)10(8-22-12)9-26-15-5-3-4-14(18)23-15/h3-6,8,13H,9H2,1-2H3,(H,24,25). The van der Waals surface area contributed by atoms with Crippen LogP contribution in [0.2, 0.25) is 5.02 Å². The van der Waals surface area contributed by atoms with Gasteiger partial charge >= 0.3 is 0 Å². The van der Waals surface area contributed by atoms with E-state index in [1.165, 1.54) is 32.2 Å². The largest absolute Gasteiger partial charge is 0.473 e. The van der Waals surface area contributed by atoms with Gasteiger partial charge in [0, 0.05) is 17.8 Å². The Bertz CT molecular complexity index is 857. The number of amides is 1. The minimum absolute atomic E-state index is 0.0116. The van der Waals surface area contributed by atoms with Crippen LogP contribution in [0.1, 0.15) is 29.9 Å². The van der Waals surface area contributed by atoms with Crippen LogP contribution >= 0.6 is 27.5 Å². The van der Waals surface area contributed by atoms with Crippen LogP contribution in [0.25, 0.3) is 0 Å². The van der Waals surface area contributed by atoms with E-state index >= 15 is 0 Å². The number of alkyl halides is 1. The molecule has 2 aromatic heterocycles. The number of carbonyl (C=O) groups is 1. The molecule has 0 fully saturated rings. The lowest BCUT2D eigenvalue weighted by Crippen LogP contribution is -2.50. The van der Waals surface area contributed by atoms with E-state index in [0.29, 0.717) is 16.0 Å². The van der Waals surface area contributed by atoms with Crippen LogP contribution in [-0.4, -0.2) is 27.6 Å². The molecule has 1 N–H and O–H groups in total. The quantitative estimate of drug-likeness (QED) is 0.688. The maximum absolute atomic E-state index is 13.6. The molecule has 9 heteroatoms. The minimum Gasteiger partial charge on any atom is -0.473 e. The molecule has 6 nitrogen and oxygen atoms in total. The first-order valence-corrected chi connectivity index (χ1v) is 8.66. The second-order valence-electron chi connectivity index (χ2n) is 5.92. The fourth-order valence-corrected chi connectivity index (χ4v) is 2.43. The summed E-state index contributed by atoms with van der Waals surface area (Å²) < 4.78 is 19.7. The van der Waals surface area contributed by atoms with Gasteiger partial charge in [0.2, 0.25) is 12.1 Å². The van der Waals surface area contributed by atoms with Gasteiger partial charge in [0.1, 0.15) is 23.0 Å². The first kappa shape index (κ1) is 20.1. The number of carbonyl (C=O) groups excluding carboxylic acids is 1. The second-order valence-corrected chi connectivity index (χ2v) is 7.14. The molecule has 0 aliphatic rings. The third-order valence-electron chi connectivity index (χ3n) is 3.41. The van der Waals surface area contributed by atoms with Gasteiger partial charge in [-0.05, 0) is 41.9 Å². The fraction of sp³-hybridized carbons (Fsp3) is 0.294. The molecule has 0 saturated heterocycles. The highest BCUT2D eigenvalue weighted by atomic mass is 79.9. The van der Waals surface area contributed by atoms with Crippen molar-refractivity contribution in [2.45, 2.75) is 32.2 Å². The van der Waals surface area contributed by atoms with Crippen LogP contribution in [0.15, 0.2) is 35.1 Å². The minimum atomic E-state index is -1.85. The van der Waals surface area contributed by atoms with E-state index in [1.807, 2.05) is 0 Å². The normalized spacial score (nSPS) is 12.2. The molecule has 1 atom stereocenters. The highest BCUT2D eigenvalue weighted by Crippen LogP contribution is 2.20. The van der Waals surface area contributed by atoms with Crippen molar-refractivity contribution >= 4 is 33.4 Å². The van der Waals surface area contributed by atoms with Gasteiger partial charge in [-0.1, -0.05) is 17.7 Å². The number of nitrogens with zero attached hydrogens (tertiary/aromatic N) is 3. The molecule has 1 amide bonds. The molecule has 0 aliphatic carbocycles. The van der Waals surface area contributed by atoms with Crippen LogP contribution in [0, 0.1) is 11.3 Å². The van der Waals surface area contributed by atoms with Crippen LogP contribution in [-0.2, 0) is 6.61 Å². The van der Waals surface area contributed by atoms with E-state index < -0.39 is 17.6 Å². The van der Waals surface area contributed by atoms with Crippen LogP contribution in [0.5, 0.6) is 5.88 Å². The van der Waals surface area contributed by atoms with Crippen LogP contribution in [0.4, 0.5) is 4.39 Å². The molecule has 26 heavy (non-hydrogen) atoms. The zero-order valence-corrected chi connectivity index (χ0v) is 16.3. The third-order valence-corrected chi connectivity index (χ3v) is 4.20. The van der Waals surface area contributed by atoms with Crippen molar-refractivity contribution in [3.8, 4) is 11.9 Å². The molecule has 0 radical (unpaired) electrons. The Labute approximate surface area is 163 Å². The molecule has 2 rings (SSSR count). The number of pyridine rings is 2. The summed E-state index contributed by atoms with van der Waals surface area (Å²) in [5.74, 6) is -0.222. The number of nitriles is 1. The van der Waals surface area contributed by atoms with Crippen LogP contribution in [0.3, 0.4) is 0 Å². The first-order valence-electron chi connectivity index (χ1n) is 7.49. The number of nitrogens with one attached hydrogen (secondary N) is 1. The summed E-state index contributed by atoms with van der Waals surface area (Å²) in [6.45, 7) is 2.94. The van der Waals surface area contributed by atoms with Gasteiger partial charge in [-0.15, -0.1) is 0 Å². The highest BCUT2D eigenvalue weighted by Gasteiger charge is 2.32. The van der Waals surface area contributed by atoms with Crippen LogP contribution < -0.4 is 10.1 Å². The number of halogens is 3. The SMILES string of the molecule is CC(C)(NC(=O)c1cc(Cl)c(COc2cccc(Br)n2)cn1)C(F)C#N. The topological polar surface area (TPSA) is 87.9 Å². The monoisotopic (exact) mass is 440 g/mol. The predicted octanol–water partition coefficient (Wildman–Crippen LogP) is 3.84. The smallest absolute Gasteiger partial charge is 0.270 e. The Morgan fingerprint density at radius 1 is 1.54 bits per heavy atom. The Morgan fingerprint density at radius 2 is 2.27 bits per heavy atom. The van der Waals surface area contributed by atoms with E-state index in [1.54, 1.807) is 18.2 Å². The molecule has 1 unspecified atom stereocenters. The van der Waals surface area contributed by atoms with Gasteiger partial charge in [0.15, 0.2) is 0 Å². The van der Waals surface area contributed by atoms with Gasteiger partial charge in [-0.3, -0.25) is 9.78 Å². The molecule has 0 spiro atoms. The van der Waals surface area contributed by atoms with E-state index in [9.17, 15) is 9.18 Å². The van der Waals surface area contributed by atoms with Crippen molar-refractivity contribution in [2.75, 3.05) is 0 Å². The molecule has 2 aromatic rings. The summed E-state index contributed by atoms with van der Waals surface area (Å²) >= 11 is 9.42. The number of aromatic nitrogens is 2. The Balaban J connectivity index is 2.07. The van der Waals surface area contributed by atoms with E-state index in [-0.39, 0.29) is 17.3 Å². The van der Waals surface area contributed by atoms with E-state index in [2.05, 4.69) is 31.2 Å². The molecular formula is C17H15BrClFN4O2. The number of ether oxygens (including phenoxy) is 1. The van der Waals surface area contributed by atoms with Gasteiger partial charge in [-0.25, -0.2) is 9.37 Å². The second kappa shape index (κ2) is 8.43. The molecule has 0 aliphatic heterocycles. The average Bonchev–Trinajstić information content (AvgIpc) is 2.59. The summed E-state index contributed by atoms with van der Waals surface area (Å²) in [6, 6.07) is 8.07. The van der Waals surface area contributed by atoms with Crippen molar-refractivity contribution in [1.29, 1.82) is 5.26 Å². The van der Waals surface area contributed by atoms with E-state index in [0.717, 1.165) is 0 Å². The zero-order chi connectivity index (χ0) is 19.3. The van der Waals surface area contributed by atoms with Gasteiger partial charge in [0.05, 0.1) is 10.6 Å². The van der Waals surface area contributed by atoms with Crippen molar-refractivity contribution in [3.63, 3.8) is 0 Å². The Kier molecular flexibility index (Phi) is 6.51. The zero-order valence-electron chi connectivity index (χ0n) is 14.0. The summed E-state index contributed by atoms with van der Waals surface area (Å²) in [7, 11) is 0. The van der Waals surface area contributed by atoms with Crippen molar-refractivity contribution in [2.24, 2.45) is 0 Å². The summed E-state index contributed by atoms with van der Waals surface area (Å²) in [5, 5.41) is 11.4. The molecule has 2 heterocycles. The van der Waals surface area contributed by atoms with Crippen molar-refractivity contribution in [3.05, 3.63) is 51.3 Å². The third kappa shape index (κ3) is 5.13. The van der Waals surface area contributed by atoms with E-state index in [4.69, 9.17) is 21.6 Å². The Hall–Kier alpha value is -2.24. The molecule has 0 bridgehead atoms. The lowest BCUT2D eigenvalue weighted by molar-refractivity contribution is 0.0873. The summed E-state index contributed by atoms with van der Waals surface area (Å²) in [6.07, 6.45) is -0.452. The number of hydrogen-bond donors (Lipinski definition) is 1. The van der Waals surface area contributed by atoms with Gasteiger partial charge in [-0.2, -0.15) is 5.26 Å². The molecular weight excluding hydrogens is 427 g/mol. The number of rotatable bonds is 6. The van der Waals surface area contributed by atoms with Gasteiger partial charge < -0.3 is 10.1 Å². The van der Waals surface area contributed by atoms with Crippen molar-refractivity contribution < 1.29 is 13.9 Å². The molecule has 0 aromatic carbocycles.